The van der Waals surface area contributed by atoms with E-state index in [4.69, 9.17) is 0 Å². The lowest BCUT2D eigenvalue weighted by Crippen LogP contribution is -2.36. The maximum absolute atomic E-state index is 12.3. The van der Waals surface area contributed by atoms with Crippen molar-refractivity contribution in [2.45, 2.75) is 19.4 Å². The Morgan fingerprint density at radius 3 is 2.67 bits per heavy atom. The summed E-state index contributed by atoms with van der Waals surface area (Å²) in [5.41, 5.74) is 1.39. The van der Waals surface area contributed by atoms with Gasteiger partial charge in [0, 0.05) is 30.5 Å². The minimum atomic E-state index is -3.07. The highest BCUT2D eigenvalue weighted by atomic mass is 32.2. The summed E-state index contributed by atoms with van der Waals surface area (Å²) in [6, 6.07) is 8.03. The van der Waals surface area contributed by atoms with Crippen molar-refractivity contribution in [1.29, 1.82) is 0 Å². The number of anilines is 3. The first kappa shape index (κ1) is 18.8. The van der Waals surface area contributed by atoms with Gasteiger partial charge in [-0.3, -0.25) is 9.59 Å². The van der Waals surface area contributed by atoms with Crippen molar-refractivity contribution in [3.63, 3.8) is 0 Å². The van der Waals surface area contributed by atoms with Gasteiger partial charge in [-0.2, -0.15) is 0 Å². The number of hydrogen-bond acceptors (Lipinski definition) is 7. The lowest BCUT2D eigenvalue weighted by atomic mass is 10.2. The first-order valence-corrected chi connectivity index (χ1v) is 10.1. The molecule has 0 spiro atoms. The molecule has 1 aliphatic heterocycles. The first-order chi connectivity index (χ1) is 12.8. The highest BCUT2D eigenvalue weighted by Gasteiger charge is 2.29. The summed E-state index contributed by atoms with van der Waals surface area (Å²) in [7, 11) is -3.07. The fourth-order valence-electron chi connectivity index (χ4n) is 2.72. The van der Waals surface area contributed by atoms with E-state index < -0.39 is 21.8 Å². The van der Waals surface area contributed by atoms with Crippen molar-refractivity contribution in [1.82, 2.24) is 15.3 Å². The van der Waals surface area contributed by atoms with Gasteiger partial charge in [0.15, 0.2) is 9.84 Å². The second-order valence-corrected chi connectivity index (χ2v) is 8.45. The van der Waals surface area contributed by atoms with Crippen LogP contribution in [0.5, 0.6) is 0 Å². The molecule has 0 aliphatic carbocycles. The number of nitrogens with one attached hydrogen (secondary N) is 3. The summed E-state index contributed by atoms with van der Waals surface area (Å²) < 4.78 is 23.0. The Morgan fingerprint density at radius 2 is 1.96 bits per heavy atom. The number of amides is 2. The molecule has 0 radical (unpaired) electrons. The molecule has 3 rings (SSSR count). The van der Waals surface area contributed by atoms with Gasteiger partial charge in [-0.15, -0.1) is 0 Å². The van der Waals surface area contributed by atoms with Gasteiger partial charge >= 0.3 is 0 Å². The van der Waals surface area contributed by atoms with E-state index in [0.717, 1.165) is 0 Å². The molecule has 2 aromatic rings. The molecular formula is C17H19N5O4S. The van der Waals surface area contributed by atoms with Crippen molar-refractivity contribution in [2.75, 3.05) is 22.1 Å². The minimum absolute atomic E-state index is 0.0507. The number of nitrogens with zero attached hydrogens (tertiary/aromatic N) is 2. The summed E-state index contributed by atoms with van der Waals surface area (Å²) >= 11 is 0. The smallest absolute Gasteiger partial charge is 0.270 e. The van der Waals surface area contributed by atoms with Crippen LogP contribution in [0, 0.1) is 0 Å². The van der Waals surface area contributed by atoms with Crippen LogP contribution >= 0.6 is 0 Å². The molecule has 1 unspecified atom stereocenters. The van der Waals surface area contributed by atoms with Crippen LogP contribution in [0.1, 0.15) is 23.8 Å². The Morgan fingerprint density at radius 1 is 1.19 bits per heavy atom. The quantitative estimate of drug-likeness (QED) is 0.698. The fraction of sp³-hybridized carbons (Fsp3) is 0.294. The molecule has 3 N–H and O–H groups in total. The van der Waals surface area contributed by atoms with Crippen LogP contribution in [0.2, 0.25) is 0 Å². The van der Waals surface area contributed by atoms with Gasteiger partial charge in [0.2, 0.25) is 11.9 Å². The first-order valence-electron chi connectivity index (χ1n) is 8.30. The van der Waals surface area contributed by atoms with Crippen LogP contribution in [-0.2, 0) is 14.6 Å². The SMILES string of the molecule is CC(=O)Nc1cccc(Nc2nccc(C(=O)NC3CCS(=O)(=O)C3)n2)c1. The molecule has 142 valence electrons. The minimum Gasteiger partial charge on any atom is -0.347 e. The largest absolute Gasteiger partial charge is 0.347 e. The molecular weight excluding hydrogens is 370 g/mol. The van der Waals surface area contributed by atoms with Crippen LogP contribution in [0.15, 0.2) is 36.5 Å². The number of sulfone groups is 1. The Hall–Kier alpha value is -3.01. The highest BCUT2D eigenvalue weighted by Crippen LogP contribution is 2.18. The van der Waals surface area contributed by atoms with Gasteiger partial charge < -0.3 is 16.0 Å². The van der Waals surface area contributed by atoms with Crippen molar-refractivity contribution >= 4 is 39.0 Å². The fourth-order valence-corrected chi connectivity index (χ4v) is 4.39. The van der Waals surface area contributed by atoms with Crippen molar-refractivity contribution in [3.8, 4) is 0 Å². The van der Waals surface area contributed by atoms with E-state index in [1.807, 2.05) is 0 Å². The molecule has 2 heterocycles. The van der Waals surface area contributed by atoms with E-state index in [9.17, 15) is 18.0 Å². The van der Waals surface area contributed by atoms with Gasteiger partial charge in [0.1, 0.15) is 5.69 Å². The molecule has 1 saturated heterocycles. The van der Waals surface area contributed by atoms with Crippen molar-refractivity contribution in [2.24, 2.45) is 0 Å². The zero-order valence-corrected chi connectivity index (χ0v) is 15.4. The third kappa shape index (κ3) is 5.23. The molecule has 1 aromatic heterocycles. The Bertz CT molecular complexity index is 977. The third-order valence-electron chi connectivity index (χ3n) is 3.89. The average molecular weight is 389 g/mol. The Balaban J connectivity index is 1.68. The van der Waals surface area contributed by atoms with E-state index in [1.54, 1.807) is 24.3 Å². The van der Waals surface area contributed by atoms with Crippen LogP contribution in [-0.4, -0.2) is 47.7 Å². The van der Waals surface area contributed by atoms with Gasteiger partial charge in [-0.25, -0.2) is 18.4 Å². The zero-order valence-electron chi connectivity index (χ0n) is 14.6. The standard InChI is InChI=1S/C17H19N5O4S/c1-11(23)19-12-3-2-4-13(9-12)21-17-18-7-5-15(22-17)16(24)20-14-6-8-27(25,26)10-14/h2-5,7,9,14H,6,8,10H2,1H3,(H,19,23)(H,20,24)(H,18,21,22). The van der Waals surface area contributed by atoms with E-state index in [1.165, 1.54) is 19.2 Å². The Kier molecular flexibility index (Phi) is 5.36. The highest BCUT2D eigenvalue weighted by molar-refractivity contribution is 7.91. The van der Waals surface area contributed by atoms with E-state index in [2.05, 4.69) is 25.9 Å². The van der Waals surface area contributed by atoms with E-state index in [0.29, 0.717) is 17.8 Å². The summed E-state index contributed by atoms with van der Waals surface area (Å²) in [5.74, 6) is -0.392. The number of aromatic nitrogens is 2. The van der Waals surface area contributed by atoms with Crippen molar-refractivity contribution in [3.05, 3.63) is 42.2 Å². The van der Waals surface area contributed by atoms with Gasteiger partial charge in [-0.1, -0.05) is 6.07 Å². The van der Waals surface area contributed by atoms with E-state index in [-0.39, 0.29) is 29.1 Å². The van der Waals surface area contributed by atoms with Crippen LogP contribution in [0.4, 0.5) is 17.3 Å². The maximum Gasteiger partial charge on any atom is 0.270 e. The van der Waals surface area contributed by atoms with Crippen LogP contribution in [0.25, 0.3) is 0 Å². The third-order valence-corrected chi connectivity index (χ3v) is 5.66. The normalized spacial score (nSPS) is 17.9. The second kappa shape index (κ2) is 7.70. The number of hydrogen-bond donors (Lipinski definition) is 3. The summed E-state index contributed by atoms with van der Waals surface area (Å²) in [4.78, 5) is 31.7. The molecule has 0 saturated carbocycles. The lowest BCUT2D eigenvalue weighted by molar-refractivity contribution is -0.114. The van der Waals surface area contributed by atoms with Gasteiger partial charge in [-0.05, 0) is 30.7 Å². The predicted octanol–water partition coefficient (Wildman–Crippen LogP) is 1.10. The van der Waals surface area contributed by atoms with Gasteiger partial charge in [0.05, 0.1) is 11.5 Å². The molecule has 1 atom stereocenters. The maximum atomic E-state index is 12.3. The average Bonchev–Trinajstić information content (AvgIpc) is 2.93. The molecule has 27 heavy (non-hydrogen) atoms. The van der Waals surface area contributed by atoms with E-state index >= 15 is 0 Å². The number of carbonyl (C=O) groups is 2. The number of benzene rings is 1. The molecule has 10 heteroatoms. The lowest BCUT2D eigenvalue weighted by Gasteiger charge is -2.11. The van der Waals surface area contributed by atoms with Crippen LogP contribution < -0.4 is 16.0 Å². The topological polar surface area (TPSA) is 130 Å². The molecule has 1 aromatic carbocycles. The summed E-state index contributed by atoms with van der Waals surface area (Å²) in [6.07, 6.45) is 1.84. The summed E-state index contributed by atoms with van der Waals surface area (Å²) in [6.45, 7) is 1.42. The monoisotopic (exact) mass is 389 g/mol. The predicted molar refractivity (Wildman–Crippen MR) is 101 cm³/mol. The molecule has 0 bridgehead atoms. The second-order valence-electron chi connectivity index (χ2n) is 6.23. The molecule has 1 aliphatic rings. The Labute approximate surface area is 156 Å². The number of rotatable bonds is 5. The molecule has 9 nitrogen and oxygen atoms in total. The summed E-state index contributed by atoms with van der Waals surface area (Å²) in [5, 5.41) is 8.33. The van der Waals surface area contributed by atoms with Gasteiger partial charge in [0.25, 0.3) is 5.91 Å². The molecule has 1 fully saturated rings. The zero-order chi connectivity index (χ0) is 19.4. The number of carbonyl (C=O) groups excluding carboxylic acids is 2. The molecule has 2 amide bonds. The van der Waals surface area contributed by atoms with Crippen molar-refractivity contribution < 1.29 is 18.0 Å². The van der Waals surface area contributed by atoms with Crippen LogP contribution in [0.3, 0.4) is 0 Å².